The Morgan fingerprint density at radius 1 is 0.976 bits per heavy atom. The number of alkyl carbamates (subject to hydrolysis) is 1. The SMILES string of the molecule is C=C(C)NS(=O)(=O)N(CC(C)C)C[C@@H](O)[C@H](Cc1ccccc1)NC(=O)[C@H](C)CNC(=O)OCc1ccc(CO)cc1. The maximum Gasteiger partial charge on any atom is 0.407 e. The second-order valence-corrected chi connectivity index (χ2v) is 12.5. The maximum atomic E-state index is 13.1. The van der Waals surface area contributed by atoms with Gasteiger partial charge in [-0.2, -0.15) is 12.7 Å². The fourth-order valence-electron chi connectivity index (χ4n) is 4.04. The van der Waals surface area contributed by atoms with E-state index in [4.69, 9.17) is 9.84 Å². The molecule has 11 nitrogen and oxygen atoms in total. The maximum absolute atomic E-state index is 13.1. The van der Waals surface area contributed by atoms with E-state index in [2.05, 4.69) is 21.9 Å². The minimum absolute atomic E-state index is 0.0152. The van der Waals surface area contributed by atoms with Crippen LogP contribution in [-0.4, -0.2) is 66.7 Å². The molecule has 0 fully saturated rings. The molecule has 0 radical (unpaired) electrons. The quantitative estimate of drug-likeness (QED) is 0.186. The molecule has 2 amide bonds. The highest BCUT2D eigenvalue weighted by atomic mass is 32.2. The summed E-state index contributed by atoms with van der Waals surface area (Å²) >= 11 is 0. The van der Waals surface area contributed by atoms with E-state index in [1.54, 1.807) is 31.2 Å². The lowest BCUT2D eigenvalue weighted by molar-refractivity contribution is -0.126. The van der Waals surface area contributed by atoms with E-state index < -0.39 is 40.3 Å². The number of aliphatic hydroxyl groups excluding tert-OH is 2. The van der Waals surface area contributed by atoms with E-state index in [1.807, 2.05) is 44.2 Å². The van der Waals surface area contributed by atoms with Gasteiger partial charge in [0, 0.05) is 25.3 Å². The molecule has 3 atom stereocenters. The first-order chi connectivity index (χ1) is 19.8. The number of nitrogens with zero attached hydrogens (tertiary/aromatic N) is 1. The van der Waals surface area contributed by atoms with Crippen molar-refractivity contribution in [1.29, 1.82) is 0 Å². The summed E-state index contributed by atoms with van der Waals surface area (Å²) in [6.45, 7) is 10.3. The molecule has 0 spiro atoms. The van der Waals surface area contributed by atoms with Crippen LogP contribution in [0.1, 0.15) is 44.4 Å². The lowest BCUT2D eigenvalue weighted by Gasteiger charge is -2.31. The van der Waals surface area contributed by atoms with Gasteiger partial charge in [0.25, 0.3) is 0 Å². The Balaban J connectivity index is 2.05. The first kappa shape index (κ1) is 34.7. The van der Waals surface area contributed by atoms with Crippen molar-refractivity contribution in [3.05, 3.63) is 83.6 Å². The van der Waals surface area contributed by atoms with E-state index in [0.717, 1.165) is 21.0 Å². The molecule has 42 heavy (non-hydrogen) atoms. The molecule has 0 aromatic heterocycles. The summed E-state index contributed by atoms with van der Waals surface area (Å²) in [6.07, 6.45) is -1.67. The van der Waals surface area contributed by atoms with Gasteiger partial charge in [0.05, 0.1) is 24.7 Å². The average Bonchev–Trinajstić information content (AvgIpc) is 2.93. The van der Waals surface area contributed by atoms with Crippen LogP contribution in [0.25, 0.3) is 0 Å². The van der Waals surface area contributed by atoms with Gasteiger partial charge < -0.3 is 25.6 Å². The van der Waals surface area contributed by atoms with Crippen LogP contribution in [0, 0.1) is 11.8 Å². The third kappa shape index (κ3) is 12.2. The van der Waals surface area contributed by atoms with Crippen molar-refractivity contribution < 1.29 is 33.0 Å². The second kappa shape index (κ2) is 16.9. The molecule has 2 rings (SSSR count). The van der Waals surface area contributed by atoms with Gasteiger partial charge in [-0.1, -0.05) is 81.9 Å². The number of carbonyl (C=O) groups excluding carboxylic acids is 2. The Hall–Kier alpha value is -3.45. The van der Waals surface area contributed by atoms with Gasteiger partial charge in [0.1, 0.15) is 6.61 Å². The van der Waals surface area contributed by atoms with Crippen LogP contribution in [0.2, 0.25) is 0 Å². The van der Waals surface area contributed by atoms with Crippen LogP contribution in [0.3, 0.4) is 0 Å². The van der Waals surface area contributed by atoms with Crippen molar-refractivity contribution >= 4 is 22.2 Å². The third-order valence-corrected chi connectivity index (χ3v) is 7.85. The number of carbonyl (C=O) groups is 2. The number of benzene rings is 2. The van der Waals surface area contributed by atoms with E-state index in [9.17, 15) is 23.1 Å². The van der Waals surface area contributed by atoms with Gasteiger partial charge in [0.15, 0.2) is 0 Å². The molecule has 0 saturated heterocycles. The van der Waals surface area contributed by atoms with Crippen molar-refractivity contribution in [2.45, 2.75) is 59.5 Å². The molecule has 5 N–H and O–H groups in total. The molecule has 0 aliphatic heterocycles. The number of hydrogen-bond acceptors (Lipinski definition) is 7. The standard InChI is InChI=1S/C30H44N4O7S/c1-21(2)17-34(42(39,40)33-22(3)4)18-28(36)27(15-24-9-7-6-8-10-24)32-29(37)23(5)16-31-30(38)41-20-26-13-11-25(19-35)12-14-26/h6-14,21,23,27-28,33,35-36H,3,15-20H2,1-2,4-5H3,(H,31,38)(H,32,37)/t23-,27+,28-/m1/s1. The number of amides is 2. The smallest absolute Gasteiger partial charge is 0.407 e. The van der Waals surface area contributed by atoms with Gasteiger partial charge >= 0.3 is 16.3 Å². The fraction of sp³-hybridized carbons (Fsp3) is 0.467. The Morgan fingerprint density at radius 3 is 2.17 bits per heavy atom. The van der Waals surface area contributed by atoms with Crippen molar-refractivity contribution in [1.82, 2.24) is 19.7 Å². The summed E-state index contributed by atoms with van der Waals surface area (Å²) in [5.41, 5.74) is 2.59. The van der Waals surface area contributed by atoms with Crippen molar-refractivity contribution in [3.63, 3.8) is 0 Å². The molecule has 0 unspecified atom stereocenters. The highest BCUT2D eigenvalue weighted by Crippen LogP contribution is 2.13. The number of ether oxygens (including phenoxy) is 1. The molecule has 2 aromatic rings. The van der Waals surface area contributed by atoms with Gasteiger partial charge in [-0.3, -0.25) is 9.52 Å². The van der Waals surface area contributed by atoms with Gasteiger partial charge in [-0.25, -0.2) is 4.79 Å². The molecule has 232 valence electrons. The largest absolute Gasteiger partial charge is 0.445 e. The number of nitrogens with one attached hydrogen (secondary N) is 3. The molecule has 0 aliphatic carbocycles. The Kier molecular flexibility index (Phi) is 13.9. The van der Waals surface area contributed by atoms with Crippen LogP contribution >= 0.6 is 0 Å². The zero-order chi connectivity index (χ0) is 31.3. The summed E-state index contributed by atoms with van der Waals surface area (Å²) in [6, 6.07) is 15.4. The van der Waals surface area contributed by atoms with Crippen LogP contribution in [0.5, 0.6) is 0 Å². The minimum Gasteiger partial charge on any atom is -0.445 e. The van der Waals surface area contributed by atoms with Gasteiger partial charge in [0.2, 0.25) is 5.91 Å². The summed E-state index contributed by atoms with van der Waals surface area (Å²) in [5.74, 6) is -1.12. The monoisotopic (exact) mass is 604 g/mol. The highest BCUT2D eigenvalue weighted by molar-refractivity contribution is 7.87. The molecule has 2 aromatic carbocycles. The van der Waals surface area contributed by atoms with Crippen LogP contribution in [0.4, 0.5) is 4.79 Å². The van der Waals surface area contributed by atoms with Crippen LogP contribution < -0.4 is 15.4 Å². The minimum atomic E-state index is -3.97. The summed E-state index contributed by atoms with van der Waals surface area (Å²) < 4.78 is 34.6. The number of aliphatic hydroxyl groups is 2. The molecule has 0 aliphatic rings. The lowest BCUT2D eigenvalue weighted by atomic mass is 9.99. The lowest BCUT2D eigenvalue weighted by Crippen LogP contribution is -2.54. The highest BCUT2D eigenvalue weighted by Gasteiger charge is 2.31. The van der Waals surface area contributed by atoms with E-state index >= 15 is 0 Å². The summed E-state index contributed by atoms with van der Waals surface area (Å²) in [7, 11) is -3.97. The zero-order valence-electron chi connectivity index (χ0n) is 24.7. The zero-order valence-corrected chi connectivity index (χ0v) is 25.6. The number of allylic oxidation sites excluding steroid dienone is 1. The number of hydrogen-bond donors (Lipinski definition) is 5. The third-order valence-electron chi connectivity index (χ3n) is 6.27. The summed E-state index contributed by atoms with van der Waals surface area (Å²) in [5, 5.41) is 25.8. The molecule has 12 heteroatoms. The Morgan fingerprint density at radius 2 is 1.60 bits per heavy atom. The van der Waals surface area contributed by atoms with Crippen LogP contribution in [0.15, 0.2) is 66.9 Å². The van der Waals surface area contributed by atoms with Crippen molar-refractivity contribution in [2.24, 2.45) is 11.8 Å². The first-order valence-electron chi connectivity index (χ1n) is 13.9. The average molecular weight is 605 g/mol. The van der Waals surface area contributed by atoms with Gasteiger partial charge in [-0.15, -0.1) is 0 Å². The Labute approximate surface area is 249 Å². The second-order valence-electron chi connectivity index (χ2n) is 10.8. The molecular formula is C30H44N4O7S. The molecule has 0 saturated carbocycles. The molecule has 0 bridgehead atoms. The van der Waals surface area contributed by atoms with Crippen LogP contribution in [-0.2, 0) is 39.4 Å². The van der Waals surface area contributed by atoms with Crippen molar-refractivity contribution in [2.75, 3.05) is 19.6 Å². The predicted molar refractivity (Wildman–Crippen MR) is 161 cm³/mol. The van der Waals surface area contributed by atoms with Gasteiger partial charge in [-0.05, 0) is 36.0 Å². The summed E-state index contributed by atoms with van der Waals surface area (Å²) in [4.78, 5) is 25.3. The topological polar surface area (TPSA) is 157 Å². The fourth-order valence-corrected chi connectivity index (χ4v) is 5.46. The number of rotatable bonds is 17. The first-order valence-corrected chi connectivity index (χ1v) is 15.3. The van der Waals surface area contributed by atoms with E-state index in [-0.39, 0.29) is 50.9 Å². The van der Waals surface area contributed by atoms with E-state index in [1.165, 1.54) is 6.92 Å². The molecular weight excluding hydrogens is 560 g/mol. The van der Waals surface area contributed by atoms with Crippen molar-refractivity contribution in [3.8, 4) is 0 Å². The Bertz CT molecular complexity index is 1250. The predicted octanol–water partition coefficient (Wildman–Crippen LogP) is 2.46. The molecule has 0 heterocycles. The normalized spacial score (nSPS) is 13.7. The van der Waals surface area contributed by atoms with E-state index in [0.29, 0.717) is 0 Å².